The van der Waals surface area contributed by atoms with Gasteiger partial charge in [-0.2, -0.15) is 5.26 Å². The summed E-state index contributed by atoms with van der Waals surface area (Å²) in [5, 5.41) is 9.22. The molecule has 0 radical (unpaired) electrons. The molecule has 25 heavy (non-hydrogen) atoms. The fourth-order valence-electron chi connectivity index (χ4n) is 2.59. The Morgan fingerprint density at radius 1 is 1.24 bits per heavy atom. The topological polar surface area (TPSA) is 96.7 Å². The van der Waals surface area contributed by atoms with Crippen molar-refractivity contribution in [3.05, 3.63) is 54.1 Å². The molecule has 128 valence electrons. The molecule has 1 aliphatic heterocycles. The van der Waals surface area contributed by atoms with Crippen molar-refractivity contribution in [1.29, 1.82) is 5.26 Å². The number of carbonyl (C=O) groups is 1. The molecule has 0 aliphatic carbocycles. The number of anilines is 1. The lowest BCUT2D eigenvalue weighted by Gasteiger charge is -2.34. The van der Waals surface area contributed by atoms with E-state index in [9.17, 15) is 18.5 Å². The van der Waals surface area contributed by atoms with Gasteiger partial charge in [-0.15, -0.1) is 0 Å². The first-order valence-corrected chi connectivity index (χ1v) is 8.78. The van der Waals surface area contributed by atoms with Gasteiger partial charge in [0.1, 0.15) is 16.7 Å². The minimum atomic E-state index is -4.07. The second-order valence-electron chi connectivity index (χ2n) is 5.24. The molecule has 1 atom stereocenters. The van der Waals surface area contributed by atoms with E-state index in [4.69, 9.17) is 4.74 Å². The van der Waals surface area contributed by atoms with Gasteiger partial charge in [0.05, 0.1) is 24.9 Å². The molecule has 1 heterocycles. The number of nitriles is 1. The van der Waals surface area contributed by atoms with Crippen molar-refractivity contribution in [2.75, 3.05) is 18.0 Å². The molecule has 8 heteroatoms. The Bertz CT molecular complexity index is 965. The number of methoxy groups -OCH3 is 1. The maximum atomic E-state index is 13.2. The summed E-state index contributed by atoms with van der Waals surface area (Å²) in [5.74, 6) is -0.426. The number of nitrogens with zero attached hydrogens (tertiary/aromatic N) is 2. The number of hydrogen-bond acceptors (Lipinski definition) is 6. The van der Waals surface area contributed by atoms with Gasteiger partial charge in [0.15, 0.2) is 0 Å². The minimum Gasteiger partial charge on any atom is -0.475 e. The number of para-hydroxylation sites is 2. The lowest BCUT2D eigenvalue weighted by molar-refractivity contribution is -0.148. The van der Waals surface area contributed by atoms with E-state index in [0.717, 1.165) is 4.31 Å². The van der Waals surface area contributed by atoms with Gasteiger partial charge < -0.3 is 9.47 Å². The summed E-state index contributed by atoms with van der Waals surface area (Å²) in [5.41, 5.74) is 0.330. The van der Waals surface area contributed by atoms with Crippen molar-refractivity contribution in [2.45, 2.75) is 11.0 Å². The summed E-state index contributed by atoms with van der Waals surface area (Å²) in [6.45, 7) is -0.244. The van der Waals surface area contributed by atoms with Crippen LogP contribution in [0.1, 0.15) is 5.56 Å². The smallest absolute Gasteiger partial charge is 0.348 e. The van der Waals surface area contributed by atoms with E-state index in [0.29, 0.717) is 5.69 Å². The summed E-state index contributed by atoms with van der Waals surface area (Å²) in [4.78, 5) is 11.8. The van der Waals surface area contributed by atoms with Crippen molar-refractivity contribution in [3.63, 3.8) is 0 Å². The Labute approximate surface area is 145 Å². The maximum absolute atomic E-state index is 13.2. The highest BCUT2D eigenvalue weighted by molar-refractivity contribution is 7.93. The molecule has 2 aromatic rings. The molecule has 0 spiro atoms. The van der Waals surface area contributed by atoms with E-state index < -0.39 is 22.1 Å². The Balaban J connectivity index is 2.14. The van der Waals surface area contributed by atoms with E-state index in [1.807, 2.05) is 6.07 Å². The van der Waals surface area contributed by atoms with Gasteiger partial charge in [0, 0.05) is 0 Å². The van der Waals surface area contributed by atoms with Crippen LogP contribution in [0.3, 0.4) is 0 Å². The van der Waals surface area contributed by atoms with Crippen molar-refractivity contribution >= 4 is 21.7 Å². The fourth-order valence-corrected chi connectivity index (χ4v) is 4.21. The van der Waals surface area contributed by atoms with Gasteiger partial charge >= 0.3 is 5.97 Å². The molecule has 0 unspecified atom stereocenters. The van der Waals surface area contributed by atoms with Gasteiger partial charge in [-0.1, -0.05) is 24.3 Å². The molecule has 0 amide bonds. The average molecular weight is 358 g/mol. The highest BCUT2D eigenvalue weighted by Crippen LogP contribution is 2.37. The quantitative estimate of drug-likeness (QED) is 0.775. The highest BCUT2D eigenvalue weighted by atomic mass is 32.2. The lowest BCUT2D eigenvalue weighted by Crippen LogP contribution is -2.47. The number of benzene rings is 2. The minimum absolute atomic E-state index is 0.0288. The lowest BCUT2D eigenvalue weighted by atomic mass is 10.2. The summed E-state index contributed by atoms with van der Waals surface area (Å²) in [6, 6.07) is 14.3. The Morgan fingerprint density at radius 2 is 1.92 bits per heavy atom. The van der Waals surface area contributed by atoms with Crippen LogP contribution in [-0.4, -0.2) is 34.1 Å². The Hall–Kier alpha value is -3.05. The molecular formula is C17H14N2O5S. The largest absolute Gasteiger partial charge is 0.475 e. The molecule has 0 N–H and O–H groups in total. The fraction of sp³-hybridized carbons (Fsp3) is 0.176. The van der Waals surface area contributed by atoms with Crippen LogP contribution in [0.5, 0.6) is 5.75 Å². The number of fused-ring (bicyclic) bond motifs is 1. The van der Waals surface area contributed by atoms with Crippen LogP contribution in [0.25, 0.3) is 0 Å². The number of esters is 1. The maximum Gasteiger partial charge on any atom is 0.348 e. The van der Waals surface area contributed by atoms with Crippen LogP contribution in [0.2, 0.25) is 0 Å². The molecule has 0 fully saturated rings. The third-order valence-corrected chi connectivity index (χ3v) is 5.61. The zero-order valence-electron chi connectivity index (χ0n) is 13.2. The molecule has 2 aromatic carbocycles. The average Bonchev–Trinajstić information content (AvgIpc) is 2.66. The van der Waals surface area contributed by atoms with Gasteiger partial charge in [0.2, 0.25) is 6.10 Å². The van der Waals surface area contributed by atoms with Crippen LogP contribution in [-0.2, 0) is 19.6 Å². The zero-order chi connectivity index (χ0) is 18.0. The van der Waals surface area contributed by atoms with E-state index in [1.165, 1.54) is 25.3 Å². The summed E-state index contributed by atoms with van der Waals surface area (Å²) in [6.07, 6.45) is -1.09. The first-order valence-electron chi connectivity index (χ1n) is 7.34. The van der Waals surface area contributed by atoms with Crippen molar-refractivity contribution in [3.8, 4) is 11.8 Å². The van der Waals surface area contributed by atoms with Crippen LogP contribution >= 0.6 is 0 Å². The summed E-state index contributed by atoms with van der Waals surface area (Å²) < 4.78 is 37.6. The second-order valence-corrected chi connectivity index (χ2v) is 7.07. The first kappa shape index (κ1) is 16.8. The monoisotopic (exact) mass is 358 g/mol. The normalized spacial score (nSPS) is 16.3. The van der Waals surface area contributed by atoms with E-state index in [2.05, 4.69) is 4.74 Å². The standard InChI is InChI=1S/C17H14N2O5S/c1-23-17(20)15-11-19(13-7-3-4-8-14(13)24-15)25(21,22)16-9-5-2-6-12(16)10-18/h2-9,15H,11H2,1H3/t15-/m1/s1. The number of hydrogen-bond donors (Lipinski definition) is 0. The summed E-state index contributed by atoms with van der Waals surface area (Å²) >= 11 is 0. The van der Waals surface area contributed by atoms with Crippen LogP contribution in [0.4, 0.5) is 5.69 Å². The van der Waals surface area contributed by atoms with Gasteiger partial charge in [-0.05, 0) is 24.3 Å². The number of sulfonamides is 1. The predicted molar refractivity (Wildman–Crippen MR) is 88.6 cm³/mol. The number of rotatable bonds is 3. The molecule has 7 nitrogen and oxygen atoms in total. The Morgan fingerprint density at radius 3 is 2.64 bits per heavy atom. The van der Waals surface area contributed by atoms with Crippen molar-refractivity contribution in [2.24, 2.45) is 0 Å². The van der Waals surface area contributed by atoms with Gasteiger partial charge in [-0.25, -0.2) is 13.2 Å². The van der Waals surface area contributed by atoms with E-state index in [-0.39, 0.29) is 22.8 Å². The summed E-state index contributed by atoms with van der Waals surface area (Å²) in [7, 11) is -2.87. The van der Waals surface area contributed by atoms with Gasteiger partial charge in [0.25, 0.3) is 10.0 Å². The van der Waals surface area contributed by atoms with E-state index in [1.54, 1.807) is 30.3 Å². The molecule has 1 aliphatic rings. The molecule has 0 saturated heterocycles. The van der Waals surface area contributed by atoms with Crippen LogP contribution < -0.4 is 9.04 Å². The first-order chi connectivity index (χ1) is 12.0. The number of ether oxygens (including phenoxy) is 2. The molecule has 0 saturated carbocycles. The van der Waals surface area contributed by atoms with Crippen LogP contribution in [0.15, 0.2) is 53.4 Å². The van der Waals surface area contributed by atoms with Gasteiger partial charge in [-0.3, -0.25) is 4.31 Å². The zero-order valence-corrected chi connectivity index (χ0v) is 14.1. The third-order valence-electron chi connectivity index (χ3n) is 3.77. The van der Waals surface area contributed by atoms with E-state index >= 15 is 0 Å². The molecule has 3 rings (SSSR count). The third kappa shape index (κ3) is 2.90. The van der Waals surface area contributed by atoms with Crippen molar-refractivity contribution < 1.29 is 22.7 Å². The predicted octanol–water partition coefficient (Wildman–Crippen LogP) is 1.69. The van der Waals surface area contributed by atoms with Crippen LogP contribution in [0, 0.1) is 11.3 Å². The second kappa shape index (κ2) is 6.45. The number of carbonyl (C=O) groups excluding carboxylic acids is 1. The molecule has 0 bridgehead atoms. The highest BCUT2D eigenvalue weighted by Gasteiger charge is 2.38. The SMILES string of the molecule is COC(=O)[C@H]1CN(S(=O)(=O)c2ccccc2C#N)c2ccccc2O1. The Kier molecular flexibility index (Phi) is 4.33. The van der Waals surface area contributed by atoms with Crippen molar-refractivity contribution in [1.82, 2.24) is 0 Å². The molecular weight excluding hydrogens is 344 g/mol. The molecule has 0 aromatic heterocycles.